The summed E-state index contributed by atoms with van der Waals surface area (Å²) in [5, 5.41) is 9.03. The first-order valence-electron chi connectivity index (χ1n) is 7.56. The highest BCUT2D eigenvalue weighted by Crippen LogP contribution is 2.25. The molecule has 20 heavy (non-hydrogen) atoms. The molecule has 110 valence electrons. The van der Waals surface area contributed by atoms with Gasteiger partial charge in [0.25, 0.3) is 0 Å². The second-order valence-corrected chi connectivity index (χ2v) is 6.10. The van der Waals surface area contributed by atoms with Crippen LogP contribution in [0.1, 0.15) is 57.1 Å². The third kappa shape index (κ3) is 3.40. The first kappa shape index (κ1) is 15.0. The molecule has 1 heterocycles. The molecule has 1 N–H and O–H groups in total. The van der Waals surface area contributed by atoms with Gasteiger partial charge in [0.05, 0.1) is 5.92 Å². The lowest BCUT2D eigenvalue weighted by atomic mass is 9.96. The van der Waals surface area contributed by atoms with Gasteiger partial charge in [0.2, 0.25) is 0 Å². The number of piperidine rings is 1. The third-order valence-electron chi connectivity index (χ3n) is 4.59. The van der Waals surface area contributed by atoms with Crippen molar-refractivity contribution in [2.24, 2.45) is 0 Å². The highest BCUT2D eigenvalue weighted by Gasteiger charge is 2.24. The van der Waals surface area contributed by atoms with Crippen molar-refractivity contribution in [3.05, 3.63) is 35.4 Å². The Kier molecular flexibility index (Phi) is 4.81. The van der Waals surface area contributed by atoms with Crippen molar-refractivity contribution in [1.29, 1.82) is 0 Å². The minimum absolute atomic E-state index is 0.433. The van der Waals surface area contributed by atoms with E-state index in [9.17, 15) is 4.79 Å². The molecule has 3 nitrogen and oxygen atoms in total. The number of carbonyl (C=O) groups is 1. The lowest BCUT2D eigenvalue weighted by Gasteiger charge is -2.39. The fourth-order valence-electron chi connectivity index (χ4n) is 3.05. The smallest absolute Gasteiger partial charge is 0.310 e. The average Bonchev–Trinajstić information content (AvgIpc) is 2.43. The van der Waals surface area contributed by atoms with E-state index in [0.717, 1.165) is 12.1 Å². The maximum Gasteiger partial charge on any atom is 0.310 e. The summed E-state index contributed by atoms with van der Waals surface area (Å²) in [6.45, 7) is 7.29. The Morgan fingerprint density at radius 1 is 1.25 bits per heavy atom. The Hall–Kier alpha value is -1.35. The van der Waals surface area contributed by atoms with Crippen LogP contribution in [0, 0.1) is 0 Å². The molecule has 0 spiro atoms. The molecule has 1 aromatic carbocycles. The standard InChI is InChI=1S/C17H25NO2/c1-12-5-4-6-13(2)18(12)11-15-7-9-16(10-8-15)14(3)17(19)20/h7-10,12-14H,4-6,11H2,1-3H3,(H,19,20). The number of aliphatic carboxylic acids is 1. The number of likely N-dealkylation sites (tertiary alicyclic amines) is 1. The number of carboxylic acid groups (broad SMARTS) is 1. The quantitative estimate of drug-likeness (QED) is 0.912. The second kappa shape index (κ2) is 6.40. The maximum absolute atomic E-state index is 11.0. The van der Waals surface area contributed by atoms with E-state index < -0.39 is 11.9 Å². The molecular formula is C17H25NO2. The minimum Gasteiger partial charge on any atom is -0.481 e. The van der Waals surface area contributed by atoms with Crippen LogP contribution in [0.2, 0.25) is 0 Å². The van der Waals surface area contributed by atoms with E-state index >= 15 is 0 Å². The molecular weight excluding hydrogens is 250 g/mol. The summed E-state index contributed by atoms with van der Waals surface area (Å²) in [7, 11) is 0. The van der Waals surface area contributed by atoms with Gasteiger partial charge in [0, 0.05) is 18.6 Å². The van der Waals surface area contributed by atoms with Crippen LogP contribution < -0.4 is 0 Å². The predicted molar refractivity (Wildman–Crippen MR) is 80.8 cm³/mol. The molecule has 1 aliphatic heterocycles. The Morgan fingerprint density at radius 2 is 1.80 bits per heavy atom. The van der Waals surface area contributed by atoms with E-state index in [1.807, 2.05) is 12.1 Å². The van der Waals surface area contributed by atoms with Crippen molar-refractivity contribution < 1.29 is 9.90 Å². The lowest BCUT2D eigenvalue weighted by Crippen LogP contribution is -2.42. The lowest BCUT2D eigenvalue weighted by molar-refractivity contribution is -0.138. The molecule has 1 saturated heterocycles. The third-order valence-corrected chi connectivity index (χ3v) is 4.59. The zero-order valence-electron chi connectivity index (χ0n) is 12.7. The highest BCUT2D eigenvalue weighted by atomic mass is 16.4. The molecule has 0 amide bonds. The Labute approximate surface area is 121 Å². The molecule has 1 aliphatic rings. The molecule has 0 saturated carbocycles. The summed E-state index contributed by atoms with van der Waals surface area (Å²) in [5.41, 5.74) is 2.15. The van der Waals surface area contributed by atoms with Gasteiger partial charge in [-0.15, -0.1) is 0 Å². The van der Waals surface area contributed by atoms with Crippen LogP contribution in [0.15, 0.2) is 24.3 Å². The molecule has 1 aromatic rings. The van der Waals surface area contributed by atoms with Crippen molar-refractivity contribution in [3.63, 3.8) is 0 Å². The van der Waals surface area contributed by atoms with E-state index in [2.05, 4.69) is 30.9 Å². The fraction of sp³-hybridized carbons (Fsp3) is 0.588. The van der Waals surface area contributed by atoms with E-state index in [4.69, 9.17) is 5.11 Å². The summed E-state index contributed by atoms with van der Waals surface area (Å²) in [6.07, 6.45) is 3.88. The number of hydrogen-bond donors (Lipinski definition) is 1. The zero-order valence-corrected chi connectivity index (χ0v) is 12.7. The minimum atomic E-state index is -0.768. The summed E-state index contributed by atoms with van der Waals surface area (Å²) in [6, 6.07) is 9.32. The zero-order chi connectivity index (χ0) is 14.7. The average molecular weight is 275 g/mol. The number of benzene rings is 1. The van der Waals surface area contributed by atoms with Gasteiger partial charge in [-0.25, -0.2) is 0 Å². The van der Waals surface area contributed by atoms with Gasteiger partial charge in [0.15, 0.2) is 0 Å². The molecule has 0 radical (unpaired) electrons. The molecule has 3 heteroatoms. The fourth-order valence-corrected chi connectivity index (χ4v) is 3.05. The van der Waals surface area contributed by atoms with Crippen molar-refractivity contribution in [1.82, 2.24) is 4.90 Å². The molecule has 0 aromatic heterocycles. The summed E-state index contributed by atoms with van der Waals surface area (Å²) in [5.74, 6) is -1.20. The van der Waals surface area contributed by atoms with Gasteiger partial charge in [-0.1, -0.05) is 30.7 Å². The predicted octanol–water partition coefficient (Wildman–Crippen LogP) is 3.64. The van der Waals surface area contributed by atoms with Gasteiger partial charge in [-0.3, -0.25) is 9.69 Å². The van der Waals surface area contributed by atoms with Gasteiger partial charge >= 0.3 is 5.97 Å². The Balaban J connectivity index is 2.05. The Bertz CT molecular complexity index is 445. The number of rotatable bonds is 4. The summed E-state index contributed by atoms with van der Waals surface area (Å²) >= 11 is 0. The van der Waals surface area contributed by atoms with Gasteiger partial charge < -0.3 is 5.11 Å². The van der Waals surface area contributed by atoms with Crippen LogP contribution in [0.4, 0.5) is 0 Å². The van der Waals surface area contributed by atoms with Gasteiger partial charge in [0.1, 0.15) is 0 Å². The van der Waals surface area contributed by atoms with Crippen molar-refractivity contribution in [3.8, 4) is 0 Å². The molecule has 0 aliphatic carbocycles. The van der Waals surface area contributed by atoms with Crippen LogP contribution in [0.3, 0.4) is 0 Å². The van der Waals surface area contributed by atoms with E-state index in [1.165, 1.54) is 24.8 Å². The second-order valence-electron chi connectivity index (χ2n) is 6.10. The van der Waals surface area contributed by atoms with Crippen molar-refractivity contribution in [2.45, 2.75) is 64.6 Å². The van der Waals surface area contributed by atoms with E-state index in [0.29, 0.717) is 12.1 Å². The normalized spacial score (nSPS) is 25.4. The number of hydrogen-bond acceptors (Lipinski definition) is 2. The van der Waals surface area contributed by atoms with Crippen LogP contribution >= 0.6 is 0 Å². The van der Waals surface area contributed by atoms with Crippen LogP contribution in [0.25, 0.3) is 0 Å². The molecule has 1 fully saturated rings. The van der Waals surface area contributed by atoms with Crippen molar-refractivity contribution in [2.75, 3.05) is 0 Å². The van der Waals surface area contributed by atoms with E-state index in [1.54, 1.807) is 6.92 Å². The molecule has 0 bridgehead atoms. The SMILES string of the molecule is CC(C(=O)O)c1ccc(CN2C(C)CCCC2C)cc1. The monoisotopic (exact) mass is 275 g/mol. The maximum atomic E-state index is 11.0. The number of carboxylic acids is 1. The Morgan fingerprint density at radius 3 is 2.30 bits per heavy atom. The van der Waals surface area contributed by atoms with Crippen molar-refractivity contribution >= 4 is 5.97 Å². The molecule has 3 atom stereocenters. The molecule has 2 rings (SSSR count). The summed E-state index contributed by atoms with van der Waals surface area (Å²) in [4.78, 5) is 13.5. The number of nitrogens with zero attached hydrogens (tertiary/aromatic N) is 1. The van der Waals surface area contributed by atoms with E-state index in [-0.39, 0.29) is 0 Å². The van der Waals surface area contributed by atoms with Crippen LogP contribution in [0.5, 0.6) is 0 Å². The highest BCUT2D eigenvalue weighted by molar-refractivity contribution is 5.75. The molecule has 3 unspecified atom stereocenters. The van der Waals surface area contributed by atoms with Crippen LogP contribution in [-0.2, 0) is 11.3 Å². The largest absolute Gasteiger partial charge is 0.481 e. The topological polar surface area (TPSA) is 40.5 Å². The van der Waals surface area contributed by atoms with Crippen LogP contribution in [-0.4, -0.2) is 28.1 Å². The van der Waals surface area contributed by atoms with Gasteiger partial charge in [-0.2, -0.15) is 0 Å². The first-order valence-corrected chi connectivity index (χ1v) is 7.56. The van der Waals surface area contributed by atoms with Gasteiger partial charge in [-0.05, 0) is 44.7 Å². The first-order chi connectivity index (χ1) is 9.49. The summed E-state index contributed by atoms with van der Waals surface area (Å²) < 4.78 is 0.